The van der Waals surface area contributed by atoms with E-state index in [0.717, 1.165) is 45.2 Å². The Labute approximate surface area is 169 Å². The van der Waals surface area contributed by atoms with Crippen LogP contribution in [0.5, 0.6) is 0 Å². The van der Waals surface area contributed by atoms with Crippen LogP contribution in [0.3, 0.4) is 0 Å². The van der Waals surface area contributed by atoms with Crippen LogP contribution in [0.25, 0.3) is 0 Å². The van der Waals surface area contributed by atoms with E-state index in [1.807, 2.05) is 0 Å². The average Bonchev–Trinajstić information content (AvgIpc) is 2.90. The van der Waals surface area contributed by atoms with Crippen molar-refractivity contribution in [1.82, 2.24) is 4.90 Å². The van der Waals surface area contributed by atoms with Gasteiger partial charge >= 0.3 is 6.18 Å². The lowest BCUT2D eigenvalue weighted by molar-refractivity contribution is -0.557. The van der Waals surface area contributed by atoms with E-state index in [2.05, 4.69) is 11.8 Å². The van der Waals surface area contributed by atoms with Gasteiger partial charge in [0.25, 0.3) is 0 Å². The third-order valence-electron chi connectivity index (χ3n) is 7.76. The van der Waals surface area contributed by atoms with Crippen molar-refractivity contribution < 1.29 is 32.4 Å². The molecule has 0 N–H and O–H groups in total. The standard InChI is InChI=1S/C21H30F3NO4/c1-13-6-7-16-14(12-25-10-4-3-5-11-25)17(21(22,23)24)26-18-20(16)15(13)8-9-19(2,27-18)28-29-20/h13,15-16,18H,3-12H2,1-2H3/t13-,15+,16+,18-,19-,20-/m1/s1. The monoisotopic (exact) mass is 417 g/mol. The molecule has 0 aromatic carbocycles. The van der Waals surface area contributed by atoms with Gasteiger partial charge in [0.1, 0.15) is 0 Å². The quantitative estimate of drug-likeness (QED) is 0.617. The molecule has 0 unspecified atom stereocenters. The maximum atomic E-state index is 14.1. The minimum Gasteiger partial charge on any atom is -0.456 e. The molecule has 5 heterocycles. The van der Waals surface area contributed by atoms with Crippen LogP contribution in [-0.2, 0) is 19.2 Å². The number of alkyl halides is 3. The molecule has 29 heavy (non-hydrogen) atoms. The van der Waals surface area contributed by atoms with Crippen LogP contribution in [0.2, 0.25) is 0 Å². The number of hydrogen-bond acceptors (Lipinski definition) is 5. The smallest absolute Gasteiger partial charge is 0.449 e. The van der Waals surface area contributed by atoms with Gasteiger partial charge in [-0.15, -0.1) is 0 Å². The lowest BCUT2D eigenvalue weighted by Crippen LogP contribution is -2.67. The highest BCUT2D eigenvalue weighted by Gasteiger charge is 2.70. The van der Waals surface area contributed by atoms with Crippen molar-refractivity contribution in [3.8, 4) is 0 Å². The van der Waals surface area contributed by atoms with E-state index in [9.17, 15) is 13.2 Å². The molecule has 5 aliphatic heterocycles. The summed E-state index contributed by atoms with van der Waals surface area (Å²) in [5.41, 5.74) is -0.682. The van der Waals surface area contributed by atoms with Crippen molar-refractivity contribution >= 4 is 0 Å². The molecule has 164 valence electrons. The second kappa shape index (κ2) is 6.84. The van der Waals surface area contributed by atoms with E-state index in [1.165, 1.54) is 0 Å². The summed E-state index contributed by atoms with van der Waals surface area (Å²) in [6.45, 7) is 5.80. The Morgan fingerprint density at radius 1 is 1.07 bits per heavy atom. The molecular formula is C21H30F3NO4. The molecule has 6 aliphatic rings. The maximum Gasteiger partial charge on any atom is 0.449 e. The third kappa shape index (κ3) is 3.13. The fourth-order valence-corrected chi connectivity index (χ4v) is 6.28. The molecule has 0 radical (unpaired) electrons. The molecule has 1 aliphatic carbocycles. The van der Waals surface area contributed by atoms with Crippen LogP contribution in [0.15, 0.2) is 11.3 Å². The van der Waals surface area contributed by atoms with E-state index in [1.54, 1.807) is 6.92 Å². The van der Waals surface area contributed by atoms with Gasteiger partial charge < -0.3 is 9.47 Å². The Bertz CT molecular complexity index is 692. The molecular weight excluding hydrogens is 387 g/mol. The van der Waals surface area contributed by atoms with Gasteiger partial charge in [0.05, 0.1) is 0 Å². The topological polar surface area (TPSA) is 40.2 Å². The summed E-state index contributed by atoms with van der Waals surface area (Å²) < 4.78 is 54.0. The summed E-state index contributed by atoms with van der Waals surface area (Å²) in [6.07, 6.45) is 0.415. The minimum atomic E-state index is -4.55. The highest BCUT2D eigenvalue weighted by molar-refractivity contribution is 5.29. The number of fused-ring (bicyclic) bond motifs is 2. The summed E-state index contributed by atoms with van der Waals surface area (Å²) >= 11 is 0. The third-order valence-corrected chi connectivity index (χ3v) is 7.76. The van der Waals surface area contributed by atoms with E-state index in [-0.39, 0.29) is 12.5 Å². The fourth-order valence-electron chi connectivity index (χ4n) is 6.28. The SMILES string of the molecule is C[C@@H]1CC[C@H]2C(CN3CCCCC3)=C(C(F)(F)F)O[C@@H]3O[C@@]4(C)CC[C@@H]1[C@]32OO4. The van der Waals surface area contributed by atoms with Gasteiger partial charge in [0.15, 0.2) is 5.60 Å². The van der Waals surface area contributed by atoms with Crippen molar-refractivity contribution in [2.24, 2.45) is 17.8 Å². The van der Waals surface area contributed by atoms with Crippen molar-refractivity contribution in [1.29, 1.82) is 0 Å². The van der Waals surface area contributed by atoms with Crippen molar-refractivity contribution in [2.45, 2.75) is 82.6 Å². The molecule has 1 saturated carbocycles. The second-order valence-corrected chi connectivity index (χ2v) is 9.66. The number of ether oxygens (including phenoxy) is 2. The Morgan fingerprint density at radius 3 is 2.55 bits per heavy atom. The van der Waals surface area contributed by atoms with Crippen molar-refractivity contribution in [3.05, 3.63) is 11.3 Å². The van der Waals surface area contributed by atoms with Gasteiger partial charge in [0, 0.05) is 24.8 Å². The zero-order chi connectivity index (χ0) is 20.4. The molecule has 4 saturated heterocycles. The summed E-state index contributed by atoms with van der Waals surface area (Å²) in [4.78, 5) is 13.8. The normalized spacial score (nSPS) is 45.6. The Hall–Kier alpha value is -0.830. The van der Waals surface area contributed by atoms with Crippen LogP contribution in [-0.4, -0.2) is 48.4 Å². The fraction of sp³-hybridized carbons (Fsp3) is 0.905. The number of piperidine rings is 1. The zero-order valence-corrected chi connectivity index (χ0v) is 17.1. The van der Waals surface area contributed by atoms with Crippen LogP contribution in [0.1, 0.15) is 58.8 Å². The van der Waals surface area contributed by atoms with Gasteiger partial charge in [-0.05, 0) is 63.6 Å². The number of likely N-dealkylation sites (tertiary alicyclic amines) is 1. The molecule has 6 atom stereocenters. The van der Waals surface area contributed by atoms with Gasteiger partial charge in [-0.25, -0.2) is 9.78 Å². The van der Waals surface area contributed by atoms with Gasteiger partial charge in [-0.2, -0.15) is 13.2 Å². The summed E-state index contributed by atoms with van der Waals surface area (Å²) in [5.74, 6) is -1.99. The van der Waals surface area contributed by atoms with Crippen LogP contribution in [0.4, 0.5) is 13.2 Å². The lowest BCUT2D eigenvalue weighted by atomic mass is 9.59. The summed E-state index contributed by atoms with van der Waals surface area (Å²) in [6, 6.07) is 0. The van der Waals surface area contributed by atoms with Gasteiger partial charge in [-0.3, -0.25) is 4.90 Å². The van der Waals surface area contributed by atoms with E-state index in [0.29, 0.717) is 24.3 Å². The first-order chi connectivity index (χ1) is 13.7. The largest absolute Gasteiger partial charge is 0.456 e. The highest BCUT2D eigenvalue weighted by Crippen LogP contribution is 2.61. The second-order valence-electron chi connectivity index (χ2n) is 9.66. The number of allylic oxidation sites excluding steroid dienone is 1. The summed E-state index contributed by atoms with van der Waals surface area (Å²) in [7, 11) is 0. The van der Waals surface area contributed by atoms with E-state index < -0.39 is 35.5 Å². The zero-order valence-electron chi connectivity index (χ0n) is 17.1. The first-order valence-corrected chi connectivity index (χ1v) is 11.0. The Kier molecular flexibility index (Phi) is 4.74. The average molecular weight is 417 g/mol. The first-order valence-electron chi connectivity index (χ1n) is 11.0. The molecule has 5 fully saturated rings. The van der Waals surface area contributed by atoms with Crippen molar-refractivity contribution in [2.75, 3.05) is 19.6 Å². The van der Waals surface area contributed by atoms with Gasteiger partial charge in [0.2, 0.25) is 17.8 Å². The molecule has 0 aromatic heterocycles. The molecule has 2 bridgehead atoms. The number of halogens is 3. The van der Waals surface area contributed by atoms with E-state index >= 15 is 0 Å². The predicted octanol–water partition coefficient (Wildman–Crippen LogP) is 4.53. The molecule has 6 rings (SSSR count). The molecule has 0 aromatic rings. The molecule has 8 heteroatoms. The number of rotatable bonds is 2. The minimum absolute atomic E-state index is 0.0433. The molecule has 0 amide bonds. The van der Waals surface area contributed by atoms with Gasteiger partial charge in [-0.1, -0.05) is 13.3 Å². The van der Waals surface area contributed by atoms with Crippen LogP contribution < -0.4 is 0 Å². The predicted molar refractivity (Wildman–Crippen MR) is 97.2 cm³/mol. The molecule has 5 nitrogen and oxygen atoms in total. The Balaban J connectivity index is 1.60. The number of nitrogens with zero attached hydrogens (tertiary/aromatic N) is 1. The lowest BCUT2D eigenvalue weighted by Gasteiger charge is -2.57. The van der Waals surface area contributed by atoms with Crippen LogP contribution >= 0.6 is 0 Å². The summed E-state index contributed by atoms with van der Waals surface area (Å²) in [5, 5.41) is 0. The Morgan fingerprint density at radius 2 is 1.83 bits per heavy atom. The maximum absolute atomic E-state index is 14.1. The number of hydrogen-bond donors (Lipinski definition) is 0. The first kappa shape index (κ1) is 20.1. The highest BCUT2D eigenvalue weighted by atomic mass is 19.4. The molecule has 1 spiro atoms. The van der Waals surface area contributed by atoms with E-state index in [4.69, 9.17) is 19.2 Å². The van der Waals surface area contributed by atoms with Crippen molar-refractivity contribution in [3.63, 3.8) is 0 Å². The van der Waals surface area contributed by atoms with Crippen LogP contribution in [0, 0.1) is 17.8 Å².